The number of alkyl halides is 3. The normalized spacial score (nSPS) is 19.2. The van der Waals surface area contributed by atoms with Crippen molar-refractivity contribution in [2.45, 2.75) is 25.1 Å². The SMILES string of the molecule is O=C(O)C(F)(F)F.O=C(c1ccc(Br)cc1)N(CCS(=O)(=O)N1CCNCC1)CC1CCCO1. The quantitative estimate of drug-likeness (QED) is 0.512. The van der Waals surface area contributed by atoms with Crippen LogP contribution in [0.25, 0.3) is 0 Å². The van der Waals surface area contributed by atoms with Gasteiger partial charge in [-0.05, 0) is 37.1 Å². The van der Waals surface area contributed by atoms with E-state index in [2.05, 4.69) is 21.2 Å². The van der Waals surface area contributed by atoms with E-state index < -0.39 is 22.2 Å². The van der Waals surface area contributed by atoms with Crippen LogP contribution in [0.3, 0.4) is 0 Å². The van der Waals surface area contributed by atoms with E-state index in [1.54, 1.807) is 17.0 Å². The summed E-state index contributed by atoms with van der Waals surface area (Å²) in [6, 6.07) is 7.13. The van der Waals surface area contributed by atoms with Gasteiger partial charge in [0.1, 0.15) is 0 Å². The molecule has 3 rings (SSSR count). The predicted molar refractivity (Wildman–Crippen MR) is 121 cm³/mol. The van der Waals surface area contributed by atoms with E-state index in [1.165, 1.54) is 4.31 Å². The Morgan fingerprint density at radius 1 is 1.21 bits per heavy atom. The van der Waals surface area contributed by atoms with Gasteiger partial charge in [-0.1, -0.05) is 15.9 Å². The molecule has 1 aromatic carbocycles. The van der Waals surface area contributed by atoms with E-state index in [1.807, 2.05) is 12.1 Å². The Kier molecular flexibility index (Phi) is 10.7. The molecule has 9 nitrogen and oxygen atoms in total. The van der Waals surface area contributed by atoms with Crippen molar-refractivity contribution in [3.8, 4) is 0 Å². The van der Waals surface area contributed by atoms with Crippen LogP contribution < -0.4 is 5.32 Å². The molecule has 34 heavy (non-hydrogen) atoms. The molecule has 14 heteroatoms. The van der Waals surface area contributed by atoms with Gasteiger partial charge < -0.3 is 20.1 Å². The Balaban J connectivity index is 0.000000509. The highest BCUT2D eigenvalue weighted by Crippen LogP contribution is 2.17. The lowest BCUT2D eigenvalue weighted by atomic mass is 10.1. The summed E-state index contributed by atoms with van der Waals surface area (Å²) in [4.78, 5) is 23.5. The number of carboxylic acids is 1. The maximum Gasteiger partial charge on any atom is 0.490 e. The lowest BCUT2D eigenvalue weighted by Gasteiger charge is -2.29. The van der Waals surface area contributed by atoms with E-state index >= 15 is 0 Å². The Morgan fingerprint density at radius 3 is 2.29 bits per heavy atom. The van der Waals surface area contributed by atoms with Crippen molar-refractivity contribution in [1.29, 1.82) is 0 Å². The summed E-state index contributed by atoms with van der Waals surface area (Å²) >= 11 is 3.37. The minimum absolute atomic E-state index is 0.0220. The fraction of sp³-hybridized carbons (Fsp3) is 0.600. The molecule has 0 radical (unpaired) electrons. The number of sulfonamides is 1. The van der Waals surface area contributed by atoms with Crippen LogP contribution in [0.5, 0.6) is 0 Å². The van der Waals surface area contributed by atoms with Crippen molar-refractivity contribution in [2.24, 2.45) is 0 Å². The summed E-state index contributed by atoms with van der Waals surface area (Å²) < 4.78 is 65.1. The predicted octanol–water partition coefficient (Wildman–Crippen LogP) is 1.94. The minimum atomic E-state index is -5.08. The molecule has 0 bridgehead atoms. The van der Waals surface area contributed by atoms with Crippen molar-refractivity contribution < 1.29 is 41.0 Å². The topological polar surface area (TPSA) is 116 Å². The number of rotatable bonds is 7. The van der Waals surface area contributed by atoms with Crippen LogP contribution in [-0.4, -0.2) is 98.5 Å². The Labute approximate surface area is 204 Å². The summed E-state index contributed by atoms with van der Waals surface area (Å²) in [6.07, 6.45) is -3.23. The van der Waals surface area contributed by atoms with Crippen LogP contribution in [0.1, 0.15) is 23.2 Å². The number of aliphatic carboxylic acids is 1. The van der Waals surface area contributed by atoms with E-state index in [0.29, 0.717) is 44.9 Å². The van der Waals surface area contributed by atoms with Gasteiger partial charge in [0.25, 0.3) is 5.91 Å². The first kappa shape index (κ1) is 28.5. The molecule has 0 aromatic heterocycles. The summed E-state index contributed by atoms with van der Waals surface area (Å²) in [7, 11) is -3.38. The van der Waals surface area contributed by atoms with Crippen LogP contribution in [0.2, 0.25) is 0 Å². The highest BCUT2D eigenvalue weighted by molar-refractivity contribution is 9.10. The summed E-state index contributed by atoms with van der Waals surface area (Å²) in [6.45, 7) is 3.58. The number of hydrogen-bond acceptors (Lipinski definition) is 6. The number of amides is 1. The third-order valence-electron chi connectivity index (χ3n) is 5.16. The molecule has 192 valence electrons. The number of halogens is 4. The van der Waals surface area contributed by atoms with Crippen molar-refractivity contribution in [2.75, 3.05) is 51.6 Å². The molecule has 1 amide bonds. The highest BCUT2D eigenvalue weighted by Gasteiger charge is 2.38. The summed E-state index contributed by atoms with van der Waals surface area (Å²) in [5.74, 6) is -2.98. The van der Waals surface area contributed by atoms with Gasteiger partial charge in [0.15, 0.2) is 0 Å². The number of carboxylic acid groups (broad SMARTS) is 1. The second-order valence-corrected chi connectivity index (χ2v) is 10.7. The number of hydrogen-bond donors (Lipinski definition) is 2. The van der Waals surface area contributed by atoms with Crippen LogP contribution in [0.4, 0.5) is 13.2 Å². The van der Waals surface area contributed by atoms with E-state index in [4.69, 9.17) is 14.6 Å². The number of nitrogens with zero attached hydrogens (tertiary/aromatic N) is 2. The number of ether oxygens (including phenoxy) is 1. The van der Waals surface area contributed by atoms with Gasteiger partial charge in [-0.15, -0.1) is 0 Å². The highest BCUT2D eigenvalue weighted by atomic mass is 79.9. The molecule has 2 heterocycles. The Hall–Kier alpha value is -1.74. The standard InChI is InChI=1S/C18H26BrN3O4S.C2HF3O2/c19-16-5-3-15(4-6-16)18(23)21(14-17-2-1-12-26-17)11-13-27(24,25)22-9-7-20-8-10-22;3-2(4,5)1(6)7/h3-6,17,20H,1-2,7-14H2;(H,6,7). The van der Waals surface area contributed by atoms with E-state index in [0.717, 1.165) is 17.3 Å². The monoisotopic (exact) mass is 573 g/mol. The van der Waals surface area contributed by atoms with Gasteiger partial charge in [-0.3, -0.25) is 4.79 Å². The second kappa shape index (κ2) is 12.8. The molecule has 0 saturated carbocycles. The molecule has 2 N–H and O–H groups in total. The minimum Gasteiger partial charge on any atom is -0.475 e. The first-order chi connectivity index (χ1) is 15.9. The van der Waals surface area contributed by atoms with Gasteiger partial charge in [0, 0.05) is 55.9 Å². The maximum absolute atomic E-state index is 13.0. The number of nitrogens with one attached hydrogen (secondary N) is 1. The maximum atomic E-state index is 13.0. The lowest BCUT2D eigenvalue weighted by molar-refractivity contribution is -0.192. The van der Waals surface area contributed by atoms with Crippen molar-refractivity contribution in [3.63, 3.8) is 0 Å². The van der Waals surface area contributed by atoms with Crippen molar-refractivity contribution >= 4 is 37.8 Å². The third kappa shape index (κ3) is 9.13. The molecule has 0 aliphatic carbocycles. The molecule has 2 aliphatic heterocycles. The molecule has 1 atom stereocenters. The molecule has 2 saturated heterocycles. The Morgan fingerprint density at radius 2 is 1.79 bits per heavy atom. The fourth-order valence-electron chi connectivity index (χ4n) is 3.36. The first-order valence-electron chi connectivity index (χ1n) is 10.6. The Bertz CT molecular complexity index is 918. The zero-order chi connectivity index (χ0) is 25.4. The third-order valence-corrected chi connectivity index (χ3v) is 7.54. The largest absolute Gasteiger partial charge is 0.490 e. The average Bonchev–Trinajstić information content (AvgIpc) is 3.30. The molecule has 0 spiro atoms. The van der Waals surface area contributed by atoms with Gasteiger partial charge in [-0.25, -0.2) is 13.2 Å². The number of carbonyl (C=O) groups is 2. The second-order valence-electron chi connectivity index (χ2n) is 7.66. The first-order valence-corrected chi connectivity index (χ1v) is 13.0. The smallest absolute Gasteiger partial charge is 0.475 e. The number of benzene rings is 1. The zero-order valence-corrected chi connectivity index (χ0v) is 20.7. The van der Waals surface area contributed by atoms with Crippen LogP contribution in [-0.2, 0) is 19.6 Å². The molecule has 1 unspecified atom stereocenters. The molecule has 2 fully saturated rings. The number of carbonyl (C=O) groups excluding carboxylic acids is 1. The van der Waals surface area contributed by atoms with E-state index in [9.17, 15) is 26.4 Å². The lowest BCUT2D eigenvalue weighted by Crippen LogP contribution is -2.49. The number of piperazine rings is 1. The van der Waals surface area contributed by atoms with Crippen LogP contribution in [0, 0.1) is 0 Å². The van der Waals surface area contributed by atoms with Crippen molar-refractivity contribution in [1.82, 2.24) is 14.5 Å². The van der Waals surface area contributed by atoms with Crippen LogP contribution >= 0.6 is 15.9 Å². The van der Waals surface area contributed by atoms with Gasteiger partial charge in [-0.2, -0.15) is 17.5 Å². The molecule has 1 aromatic rings. The van der Waals surface area contributed by atoms with Crippen LogP contribution in [0.15, 0.2) is 28.7 Å². The van der Waals surface area contributed by atoms with E-state index in [-0.39, 0.29) is 24.3 Å². The molecular weight excluding hydrogens is 547 g/mol. The van der Waals surface area contributed by atoms with Crippen molar-refractivity contribution in [3.05, 3.63) is 34.3 Å². The zero-order valence-electron chi connectivity index (χ0n) is 18.3. The molecular formula is C20H27BrF3N3O6S. The fourth-order valence-corrected chi connectivity index (χ4v) is 5.07. The van der Waals surface area contributed by atoms with Gasteiger partial charge in [0.2, 0.25) is 10.0 Å². The summed E-state index contributed by atoms with van der Waals surface area (Å²) in [5.41, 5.74) is 0.552. The average molecular weight is 574 g/mol. The van der Waals surface area contributed by atoms with Gasteiger partial charge >= 0.3 is 12.1 Å². The molecule has 2 aliphatic rings. The van der Waals surface area contributed by atoms with Gasteiger partial charge in [0.05, 0.1) is 11.9 Å². The summed E-state index contributed by atoms with van der Waals surface area (Å²) in [5, 5.41) is 10.3.